The molecule has 0 radical (unpaired) electrons. The number of hydrogen-bond donors (Lipinski definition) is 8. The summed E-state index contributed by atoms with van der Waals surface area (Å²) in [5, 5.41) is 75.1. The van der Waals surface area contributed by atoms with Crippen LogP contribution >= 0.6 is 0 Å². The van der Waals surface area contributed by atoms with Gasteiger partial charge in [0.2, 0.25) is 5.91 Å². The zero-order chi connectivity index (χ0) is 39.1. The van der Waals surface area contributed by atoms with Crippen molar-refractivity contribution in [1.29, 1.82) is 0 Å². The number of hydrogen-bond acceptors (Lipinski definition) is 10. The second-order valence-corrected chi connectivity index (χ2v) is 15.1. The van der Waals surface area contributed by atoms with Crippen LogP contribution in [0.15, 0.2) is 24.3 Å². The average Bonchev–Trinajstić information content (AvgIpc) is 3.16. The van der Waals surface area contributed by atoms with Gasteiger partial charge < -0.3 is 50.5 Å². The van der Waals surface area contributed by atoms with Gasteiger partial charge in [-0.2, -0.15) is 0 Å². The van der Waals surface area contributed by atoms with E-state index in [-0.39, 0.29) is 12.8 Å². The van der Waals surface area contributed by atoms with Gasteiger partial charge in [0.15, 0.2) is 6.29 Å². The summed E-state index contributed by atoms with van der Waals surface area (Å²) in [6.07, 6.45) is 22.7. The van der Waals surface area contributed by atoms with Crippen molar-refractivity contribution in [2.45, 2.75) is 223 Å². The standard InChI is InChI=1S/C42H79NO10/c1-3-5-7-9-11-13-14-15-16-17-18-19-20-21-22-24-25-27-29-34(45)37(47)33(32-52-42-40(50)39(49)38(48)36(31-44)53-42)43-41(51)35(46)30-28-26-23-12-10-8-6-4-2/h22-24,26,33-40,42,44-50H,3-21,25,27-32H2,1-2H3,(H,43,51)/b24-22+,26-23-. The molecule has 1 heterocycles. The number of aliphatic hydroxyl groups is 7. The first-order valence-electron chi connectivity index (χ1n) is 21.2. The molecule has 1 amide bonds. The zero-order valence-corrected chi connectivity index (χ0v) is 33.2. The minimum atomic E-state index is -1.67. The van der Waals surface area contributed by atoms with E-state index in [9.17, 15) is 40.5 Å². The molecule has 11 heteroatoms. The predicted molar refractivity (Wildman–Crippen MR) is 210 cm³/mol. The topological polar surface area (TPSA) is 189 Å². The Bertz CT molecular complexity index is 918. The van der Waals surface area contributed by atoms with E-state index < -0.39 is 74.2 Å². The van der Waals surface area contributed by atoms with Crippen LogP contribution in [0, 0.1) is 0 Å². The Kier molecular flexibility index (Phi) is 30.7. The number of unbranched alkanes of at least 4 members (excludes halogenated alkanes) is 18. The molecule has 0 aromatic rings. The lowest BCUT2D eigenvalue weighted by Gasteiger charge is -2.40. The minimum Gasteiger partial charge on any atom is -0.394 e. The lowest BCUT2D eigenvalue weighted by molar-refractivity contribution is -0.303. The van der Waals surface area contributed by atoms with E-state index in [1.54, 1.807) is 0 Å². The van der Waals surface area contributed by atoms with Crippen molar-refractivity contribution in [3.8, 4) is 0 Å². The fourth-order valence-corrected chi connectivity index (χ4v) is 6.62. The van der Waals surface area contributed by atoms with Gasteiger partial charge in [0.1, 0.15) is 36.6 Å². The number of carbonyl (C=O) groups is 1. The largest absolute Gasteiger partial charge is 0.394 e. The third-order valence-electron chi connectivity index (χ3n) is 10.2. The summed E-state index contributed by atoms with van der Waals surface area (Å²) in [5.41, 5.74) is 0. The van der Waals surface area contributed by atoms with E-state index >= 15 is 0 Å². The maximum atomic E-state index is 12.9. The van der Waals surface area contributed by atoms with E-state index in [1.165, 1.54) is 96.3 Å². The van der Waals surface area contributed by atoms with Gasteiger partial charge in [-0.05, 0) is 57.8 Å². The molecule has 0 spiro atoms. The van der Waals surface area contributed by atoms with Gasteiger partial charge in [-0.3, -0.25) is 4.79 Å². The Balaban J connectivity index is 2.50. The second kappa shape index (κ2) is 32.8. The fourth-order valence-electron chi connectivity index (χ4n) is 6.62. The van der Waals surface area contributed by atoms with Crippen LogP contribution in [0.3, 0.4) is 0 Å². The highest BCUT2D eigenvalue weighted by atomic mass is 16.7. The van der Waals surface area contributed by atoms with Crippen LogP contribution < -0.4 is 5.32 Å². The summed E-state index contributed by atoms with van der Waals surface area (Å²) in [5.74, 6) is -0.744. The van der Waals surface area contributed by atoms with Crippen LogP contribution in [0.1, 0.15) is 168 Å². The first-order chi connectivity index (χ1) is 25.7. The number of rotatable bonds is 34. The van der Waals surface area contributed by atoms with Crippen molar-refractivity contribution in [3.05, 3.63) is 24.3 Å². The summed E-state index contributed by atoms with van der Waals surface area (Å²) in [6.45, 7) is 3.33. The summed E-state index contributed by atoms with van der Waals surface area (Å²) in [4.78, 5) is 12.9. The molecule has 1 saturated heterocycles. The Hall–Kier alpha value is -1.41. The van der Waals surface area contributed by atoms with Gasteiger partial charge in [0.05, 0.1) is 25.4 Å². The average molecular weight is 758 g/mol. The fraction of sp³-hybridized carbons (Fsp3) is 0.881. The monoisotopic (exact) mass is 758 g/mol. The molecule has 0 aromatic carbocycles. The second-order valence-electron chi connectivity index (χ2n) is 15.1. The van der Waals surface area contributed by atoms with Crippen LogP contribution in [0.25, 0.3) is 0 Å². The molecule has 0 aromatic heterocycles. The number of amides is 1. The first-order valence-corrected chi connectivity index (χ1v) is 21.2. The predicted octanol–water partition coefficient (Wildman–Crippen LogP) is 5.89. The van der Waals surface area contributed by atoms with Crippen LogP contribution in [-0.2, 0) is 14.3 Å². The molecule has 0 saturated carbocycles. The van der Waals surface area contributed by atoms with Gasteiger partial charge in [0, 0.05) is 0 Å². The zero-order valence-electron chi connectivity index (χ0n) is 33.2. The van der Waals surface area contributed by atoms with Gasteiger partial charge in [-0.15, -0.1) is 0 Å². The lowest BCUT2D eigenvalue weighted by Crippen LogP contribution is -2.60. The van der Waals surface area contributed by atoms with Crippen molar-refractivity contribution in [1.82, 2.24) is 5.32 Å². The lowest BCUT2D eigenvalue weighted by atomic mass is 9.99. The van der Waals surface area contributed by atoms with Gasteiger partial charge >= 0.3 is 0 Å². The van der Waals surface area contributed by atoms with Crippen LogP contribution in [-0.4, -0.2) is 110 Å². The van der Waals surface area contributed by atoms with Crippen molar-refractivity contribution in [2.75, 3.05) is 13.2 Å². The number of aliphatic hydroxyl groups excluding tert-OH is 7. The Labute approximate surface area is 321 Å². The molecule has 312 valence electrons. The molecular formula is C42H79NO10. The maximum absolute atomic E-state index is 12.9. The third-order valence-corrected chi connectivity index (χ3v) is 10.2. The molecular weight excluding hydrogens is 678 g/mol. The molecule has 11 nitrogen and oxygen atoms in total. The van der Waals surface area contributed by atoms with Crippen LogP contribution in [0.5, 0.6) is 0 Å². The molecule has 1 aliphatic heterocycles. The summed E-state index contributed by atoms with van der Waals surface area (Å²) in [6, 6.07) is -1.19. The SMILES string of the molecule is CCCCCC/C=C\CCC(O)C(=O)NC(COC1OC(CO)C(O)C(O)C1O)C(O)C(O)CCC/C=C/CCCCCCCCCCCCCCC. The summed E-state index contributed by atoms with van der Waals surface area (Å²) in [7, 11) is 0. The minimum absolute atomic E-state index is 0.169. The van der Waals surface area contributed by atoms with E-state index in [2.05, 4.69) is 31.3 Å². The summed E-state index contributed by atoms with van der Waals surface area (Å²) >= 11 is 0. The smallest absolute Gasteiger partial charge is 0.249 e. The molecule has 53 heavy (non-hydrogen) atoms. The van der Waals surface area contributed by atoms with Gasteiger partial charge in [0.25, 0.3) is 0 Å². The molecule has 1 fully saturated rings. The van der Waals surface area contributed by atoms with E-state index in [0.717, 1.165) is 32.1 Å². The van der Waals surface area contributed by atoms with E-state index in [0.29, 0.717) is 12.8 Å². The quantitative estimate of drug-likeness (QED) is 0.0291. The van der Waals surface area contributed by atoms with E-state index in [1.807, 2.05) is 12.2 Å². The molecule has 0 aliphatic carbocycles. The van der Waals surface area contributed by atoms with Crippen LogP contribution in [0.2, 0.25) is 0 Å². The first kappa shape index (κ1) is 49.6. The van der Waals surface area contributed by atoms with Crippen molar-refractivity contribution in [3.63, 3.8) is 0 Å². The Morgan fingerprint density at radius 1 is 0.642 bits per heavy atom. The number of allylic oxidation sites excluding steroid dienone is 4. The third kappa shape index (κ3) is 23.3. The van der Waals surface area contributed by atoms with Crippen molar-refractivity contribution in [2.24, 2.45) is 0 Å². The Morgan fingerprint density at radius 3 is 1.64 bits per heavy atom. The molecule has 9 atom stereocenters. The van der Waals surface area contributed by atoms with Gasteiger partial charge in [-0.1, -0.05) is 134 Å². The van der Waals surface area contributed by atoms with E-state index in [4.69, 9.17) is 9.47 Å². The maximum Gasteiger partial charge on any atom is 0.249 e. The van der Waals surface area contributed by atoms with Crippen LogP contribution in [0.4, 0.5) is 0 Å². The van der Waals surface area contributed by atoms with Gasteiger partial charge in [-0.25, -0.2) is 0 Å². The number of nitrogens with one attached hydrogen (secondary N) is 1. The molecule has 8 N–H and O–H groups in total. The number of ether oxygens (including phenoxy) is 2. The highest BCUT2D eigenvalue weighted by molar-refractivity contribution is 5.80. The molecule has 0 bridgehead atoms. The highest BCUT2D eigenvalue weighted by Crippen LogP contribution is 2.23. The highest BCUT2D eigenvalue weighted by Gasteiger charge is 2.44. The number of carbonyl (C=O) groups excluding carboxylic acids is 1. The normalized spacial score (nSPS) is 23.1. The van der Waals surface area contributed by atoms with Crippen molar-refractivity contribution >= 4 is 5.91 Å². The molecule has 1 aliphatic rings. The molecule has 9 unspecified atom stereocenters. The summed E-state index contributed by atoms with van der Waals surface area (Å²) < 4.78 is 11.0. The molecule has 1 rings (SSSR count). The Morgan fingerprint density at radius 2 is 1.11 bits per heavy atom. The van der Waals surface area contributed by atoms with Crippen molar-refractivity contribution < 1.29 is 50.0 Å².